The Bertz CT molecular complexity index is 491. The van der Waals surface area contributed by atoms with E-state index < -0.39 is 0 Å². The van der Waals surface area contributed by atoms with Crippen LogP contribution in [0.2, 0.25) is 0 Å². The molecule has 1 aliphatic carbocycles. The van der Waals surface area contributed by atoms with Gasteiger partial charge in [-0.05, 0) is 51.4 Å². The van der Waals surface area contributed by atoms with Crippen LogP contribution in [0, 0.1) is 0 Å². The molecule has 0 bridgehead atoms. The maximum absolute atomic E-state index is 12.3. The molecule has 3 nitrogen and oxygen atoms in total. The van der Waals surface area contributed by atoms with Gasteiger partial charge in [-0.15, -0.1) is 0 Å². The molecule has 1 aromatic carbocycles. The zero-order chi connectivity index (χ0) is 14.5. The third-order valence-electron chi connectivity index (χ3n) is 3.79. The van der Waals surface area contributed by atoms with Crippen molar-refractivity contribution < 1.29 is 9.53 Å². The second kappa shape index (κ2) is 6.71. The van der Waals surface area contributed by atoms with Gasteiger partial charge >= 0.3 is 5.97 Å². The van der Waals surface area contributed by atoms with Crippen molar-refractivity contribution in [2.45, 2.75) is 32.2 Å². The predicted molar refractivity (Wildman–Crippen MR) is 81.3 cm³/mol. The minimum Gasteiger partial charge on any atom is -0.463 e. The summed E-state index contributed by atoms with van der Waals surface area (Å²) in [5.74, 6) is -0.155. The molecule has 1 aromatic rings. The Hall–Kier alpha value is -1.61. The number of ether oxygens (including phenoxy) is 1. The molecule has 2 rings (SSSR count). The monoisotopic (exact) mass is 273 g/mol. The molecule has 0 aromatic heterocycles. The molecule has 20 heavy (non-hydrogen) atoms. The van der Waals surface area contributed by atoms with Crippen LogP contribution >= 0.6 is 0 Å². The Morgan fingerprint density at radius 2 is 2.00 bits per heavy atom. The molecular weight excluding hydrogens is 250 g/mol. The molecule has 0 N–H and O–H groups in total. The Morgan fingerprint density at radius 3 is 2.60 bits per heavy atom. The van der Waals surface area contributed by atoms with E-state index in [0.717, 1.165) is 36.0 Å². The number of rotatable bonds is 4. The first kappa shape index (κ1) is 14.8. The van der Waals surface area contributed by atoms with Crippen molar-refractivity contribution in [1.82, 2.24) is 4.90 Å². The van der Waals surface area contributed by atoms with E-state index in [-0.39, 0.29) is 12.0 Å². The van der Waals surface area contributed by atoms with Gasteiger partial charge in [0.15, 0.2) is 0 Å². The summed E-state index contributed by atoms with van der Waals surface area (Å²) in [5.41, 5.74) is 3.12. The molecular formula is C17H23NO2. The molecule has 1 aliphatic rings. The molecule has 0 radical (unpaired) electrons. The Kier molecular flexibility index (Phi) is 4.96. The highest BCUT2D eigenvalue weighted by Crippen LogP contribution is 2.35. The van der Waals surface area contributed by atoms with Gasteiger partial charge < -0.3 is 9.64 Å². The summed E-state index contributed by atoms with van der Waals surface area (Å²) >= 11 is 0. The van der Waals surface area contributed by atoms with E-state index >= 15 is 0 Å². The number of benzene rings is 1. The average Bonchev–Trinajstić information content (AvgIpc) is 2.47. The minimum atomic E-state index is -0.155. The van der Waals surface area contributed by atoms with Crippen LogP contribution in [0.1, 0.15) is 31.7 Å². The lowest BCUT2D eigenvalue weighted by molar-refractivity contribution is -0.138. The van der Waals surface area contributed by atoms with Crippen molar-refractivity contribution in [1.29, 1.82) is 0 Å². The lowest BCUT2D eigenvalue weighted by Crippen LogP contribution is -2.33. The maximum atomic E-state index is 12.3. The quantitative estimate of drug-likeness (QED) is 0.789. The molecule has 0 spiro atoms. The molecule has 1 atom stereocenters. The lowest BCUT2D eigenvalue weighted by atomic mass is 9.83. The van der Waals surface area contributed by atoms with Gasteiger partial charge in [0.1, 0.15) is 0 Å². The van der Waals surface area contributed by atoms with Gasteiger partial charge in [-0.25, -0.2) is 4.79 Å². The molecule has 3 heteroatoms. The molecule has 0 aliphatic heterocycles. The van der Waals surface area contributed by atoms with Crippen molar-refractivity contribution >= 4 is 11.5 Å². The first-order chi connectivity index (χ1) is 9.65. The van der Waals surface area contributed by atoms with Crippen molar-refractivity contribution in [2.75, 3.05) is 20.7 Å². The molecule has 0 saturated carbocycles. The minimum absolute atomic E-state index is 0.155. The Balaban J connectivity index is 2.49. The van der Waals surface area contributed by atoms with Gasteiger partial charge in [0.05, 0.1) is 6.61 Å². The van der Waals surface area contributed by atoms with E-state index in [1.54, 1.807) is 0 Å². The number of hydrogen-bond donors (Lipinski definition) is 0. The van der Waals surface area contributed by atoms with Gasteiger partial charge in [0.2, 0.25) is 0 Å². The fraction of sp³-hybridized carbons (Fsp3) is 0.471. The molecule has 0 saturated heterocycles. The SMILES string of the molecule is CCOC(=O)C1=C(c2ccccc2)C(N(C)C)CCC1. The van der Waals surface area contributed by atoms with Gasteiger partial charge in [-0.1, -0.05) is 30.3 Å². The summed E-state index contributed by atoms with van der Waals surface area (Å²) in [5, 5.41) is 0. The highest BCUT2D eigenvalue weighted by atomic mass is 16.5. The van der Waals surface area contributed by atoms with Crippen LogP contribution in [0.3, 0.4) is 0 Å². The van der Waals surface area contributed by atoms with Gasteiger partial charge in [-0.3, -0.25) is 0 Å². The highest BCUT2D eigenvalue weighted by Gasteiger charge is 2.29. The molecule has 0 heterocycles. The second-order valence-corrected chi connectivity index (χ2v) is 5.35. The van der Waals surface area contributed by atoms with E-state index in [1.807, 2.05) is 25.1 Å². The zero-order valence-electron chi connectivity index (χ0n) is 12.6. The Labute approximate surface area is 121 Å². The maximum Gasteiger partial charge on any atom is 0.334 e. The van der Waals surface area contributed by atoms with Crippen LogP contribution < -0.4 is 0 Å². The number of hydrogen-bond acceptors (Lipinski definition) is 3. The molecule has 1 unspecified atom stereocenters. The standard InChI is InChI=1S/C17H23NO2/c1-4-20-17(19)14-11-8-12-15(18(2)3)16(14)13-9-6-5-7-10-13/h5-7,9-10,15H,4,8,11-12H2,1-3H3. The number of likely N-dealkylation sites (N-methyl/N-ethyl adjacent to an activating group) is 1. The van der Waals surface area contributed by atoms with Crippen LogP contribution in [0.4, 0.5) is 0 Å². The fourth-order valence-corrected chi connectivity index (χ4v) is 2.88. The number of esters is 1. The van der Waals surface area contributed by atoms with E-state index in [1.165, 1.54) is 0 Å². The number of carbonyl (C=O) groups excluding carboxylic acids is 1. The summed E-state index contributed by atoms with van der Waals surface area (Å²) in [6.07, 6.45) is 2.93. The number of nitrogens with zero attached hydrogens (tertiary/aromatic N) is 1. The predicted octanol–water partition coefficient (Wildman–Crippen LogP) is 3.12. The first-order valence-corrected chi connectivity index (χ1v) is 7.27. The van der Waals surface area contributed by atoms with Crippen molar-refractivity contribution in [3.63, 3.8) is 0 Å². The highest BCUT2D eigenvalue weighted by molar-refractivity contribution is 5.99. The lowest BCUT2D eigenvalue weighted by Gasteiger charge is -2.33. The van der Waals surface area contributed by atoms with Crippen molar-refractivity contribution in [3.8, 4) is 0 Å². The van der Waals surface area contributed by atoms with Gasteiger partial charge in [0.25, 0.3) is 0 Å². The third kappa shape index (κ3) is 3.10. The van der Waals surface area contributed by atoms with Crippen LogP contribution in [0.5, 0.6) is 0 Å². The van der Waals surface area contributed by atoms with Crippen LogP contribution in [-0.4, -0.2) is 37.6 Å². The van der Waals surface area contributed by atoms with Crippen molar-refractivity contribution in [3.05, 3.63) is 41.5 Å². The van der Waals surface area contributed by atoms with Crippen LogP contribution in [0.25, 0.3) is 5.57 Å². The van der Waals surface area contributed by atoms with Crippen LogP contribution in [-0.2, 0) is 9.53 Å². The molecule has 108 valence electrons. The summed E-state index contributed by atoms with van der Waals surface area (Å²) in [4.78, 5) is 14.4. The largest absolute Gasteiger partial charge is 0.463 e. The van der Waals surface area contributed by atoms with Gasteiger partial charge in [-0.2, -0.15) is 0 Å². The van der Waals surface area contributed by atoms with Crippen molar-refractivity contribution in [2.24, 2.45) is 0 Å². The summed E-state index contributed by atoms with van der Waals surface area (Å²) in [6.45, 7) is 2.28. The summed E-state index contributed by atoms with van der Waals surface area (Å²) < 4.78 is 5.25. The molecule has 0 amide bonds. The Morgan fingerprint density at radius 1 is 1.30 bits per heavy atom. The van der Waals surface area contributed by atoms with Gasteiger partial charge in [0, 0.05) is 11.6 Å². The smallest absolute Gasteiger partial charge is 0.334 e. The average molecular weight is 273 g/mol. The summed E-state index contributed by atoms with van der Waals surface area (Å²) in [6, 6.07) is 10.5. The van der Waals surface area contributed by atoms with E-state index in [2.05, 4.69) is 31.1 Å². The summed E-state index contributed by atoms with van der Waals surface area (Å²) in [7, 11) is 4.14. The first-order valence-electron chi connectivity index (χ1n) is 7.27. The normalized spacial score (nSPS) is 19.3. The molecule has 0 fully saturated rings. The zero-order valence-corrected chi connectivity index (χ0v) is 12.6. The second-order valence-electron chi connectivity index (χ2n) is 5.35. The van der Waals surface area contributed by atoms with E-state index in [9.17, 15) is 4.79 Å². The fourth-order valence-electron chi connectivity index (χ4n) is 2.88. The third-order valence-corrected chi connectivity index (χ3v) is 3.79. The van der Waals surface area contributed by atoms with E-state index in [4.69, 9.17) is 4.74 Å². The van der Waals surface area contributed by atoms with Crippen LogP contribution in [0.15, 0.2) is 35.9 Å². The number of carbonyl (C=O) groups is 1. The van der Waals surface area contributed by atoms with E-state index in [0.29, 0.717) is 6.61 Å². The topological polar surface area (TPSA) is 29.5 Å².